The van der Waals surface area contributed by atoms with Gasteiger partial charge >= 0.3 is 0 Å². The normalized spacial score (nSPS) is 14.0. The SMILES string of the molecule is O=[N+]([O-])c1cc2c(c([N+](=O)[O-])c1)-c1c(cc(N[O-])cc1[N+](=O)[O-])C2c1sc2ccccc2[s+]1. The molecular weight excluding hydrogens is 472 g/mol. The number of nitrogens with one attached hydrogen (secondary N) is 1. The van der Waals surface area contributed by atoms with Crippen molar-refractivity contribution in [3.8, 4) is 11.1 Å². The molecule has 3 aromatic carbocycles. The predicted molar refractivity (Wildman–Crippen MR) is 124 cm³/mol. The van der Waals surface area contributed by atoms with Crippen LogP contribution in [0.2, 0.25) is 0 Å². The van der Waals surface area contributed by atoms with Gasteiger partial charge in [-0.3, -0.25) is 30.3 Å². The molecule has 1 N–H and O–H groups in total. The molecule has 1 atom stereocenters. The van der Waals surface area contributed by atoms with Gasteiger partial charge in [0.1, 0.15) is 0 Å². The van der Waals surface area contributed by atoms with E-state index in [0.29, 0.717) is 5.56 Å². The van der Waals surface area contributed by atoms with Gasteiger partial charge in [0, 0.05) is 17.8 Å². The second-order valence-electron chi connectivity index (χ2n) is 7.17. The maximum absolute atomic E-state index is 11.9. The summed E-state index contributed by atoms with van der Waals surface area (Å²) in [6.45, 7) is 0. The van der Waals surface area contributed by atoms with Crippen molar-refractivity contribution >= 4 is 54.8 Å². The molecule has 33 heavy (non-hydrogen) atoms. The van der Waals surface area contributed by atoms with Crippen molar-refractivity contribution in [1.29, 1.82) is 0 Å². The number of anilines is 1. The van der Waals surface area contributed by atoms with Gasteiger partial charge in [-0.15, -0.1) is 0 Å². The summed E-state index contributed by atoms with van der Waals surface area (Å²) in [5.74, 6) is -0.747. The summed E-state index contributed by atoms with van der Waals surface area (Å²) in [7, 11) is 0. The van der Waals surface area contributed by atoms with Crippen LogP contribution in [-0.4, -0.2) is 14.8 Å². The quantitative estimate of drug-likeness (QED) is 0.180. The average Bonchev–Trinajstić information content (AvgIpc) is 3.35. The predicted octanol–water partition coefficient (Wildman–Crippen LogP) is 6.04. The molecule has 13 heteroatoms. The molecular formula is C20H10N4O7S2. The zero-order valence-electron chi connectivity index (χ0n) is 16.2. The Kier molecular flexibility index (Phi) is 4.74. The highest BCUT2D eigenvalue weighted by atomic mass is 32.2. The van der Waals surface area contributed by atoms with Crippen molar-refractivity contribution in [3.05, 3.63) is 99.4 Å². The lowest BCUT2D eigenvalue weighted by Gasteiger charge is -2.13. The fraction of sp³-hybridized carbons (Fsp3) is 0.0500. The topological polar surface area (TPSA) is 165 Å². The Hall–Kier alpha value is -4.07. The van der Waals surface area contributed by atoms with E-state index in [2.05, 4.69) is 0 Å². The molecule has 1 aliphatic carbocycles. The summed E-state index contributed by atoms with van der Waals surface area (Å²) in [6.07, 6.45) is 0. The Bertz CT molecular complexity index is 1490. The van der Waals surface area contributed by atoms with Gasteiger partial charge in [0.05, 0.1) is 60.6 Å². The number of nitro benzene ring substituents is 3. The van der Waals surface area contributed by atoms with Gasteiger partial charge in [0.25, 0.3) is 21.3 Å². The lowest BCUT2D eigenvalue weighted by atomic mass is 9.98. The Morgan fingerprint density at radius 2 is 1.48 bits per heavy atom. The van der Waals surface area contributed by atoms with E-state index in [-0.39, 0.29) is 22.4 Å². The number of non-ortho nitro benzene ring substituents is 1. The molecule has 5 rings (SSSR count). The summed E-state index contributed by atoms with van der Waals surface area (Å²) in [5, 5.41) is 46.7. The van der Waals surface area contributed by atoms with Gasteiger partial charge in [0.2, 0.25) is 0 Å². The largest absolute Gasteiger partial charge is 0.761 e. The van der Waals surface area contributed by atoms with Crippen LogP contribution in [0, 0.1) is 35.6 Å². The molecule has 0 saturated heterocycles. The summed E-state index contributed by atoms with van der Waals surface area (Å²) in [4.78, 5) is 33.1. The fourth-order valence-electron chi connectivity index (χ4n) is 4.13. The number of rotatable bonds is 5. The molecule has 0 saturated carbocycles. The van der Waals surface area contributed by atoms with Crippen molar-refractivity contribution in [1.82, 2.24) is 0 Å². The monoisotopic (exact) mass is 482 g/mol. The second kappa shape index (κ2) is 7.51. The van der Waals surface area contributed by atoms with Crippen LogP contribution < -0.4 is 5.48 Å². The number of benzene rings is 3. The molecule has 11 nitrogen and oxygen atoms in total. The fourth-order valence-corrected chi connectivity index (χ4v) is 6.89. The van der Waals surface area contributed by atoms with E-state index in [0.717, 1.165) is 25.7 Å². The van der Waals surface area contributed by atoms with Crippen LogP contribution in [0.25, 0.3) is 20.5 Å². The molecule has 0 radical (unpaired) electrons. The zero-order valence-corrected chi connectivity index (χ0v) is 17.8. The lowest BCUT2D eigenvalue weighted by Crippen LogP contribution is -2.00. The minimum atomic E-state index is -0.782. The van der Waals surface area contributed by atoms with Gasteiger partial charge in [-0.1, -0.05) is 12.1 Å². The second-order valence-corrected chi connectivity index (χ2v) is 9.59. The summed E-state index contributed by atoms with van der Waals surface area (Å²) in [6, 6.07) is 11.9. The standard InChI is InChI=1S/C20H10N4O7S2/c25-21-9-5-11-17(20-32-15-3-1-2-4-16(15)33-20)12-7-10(22(26)27)8-14(24(30)31)19(12)18(11)13(6-9)23(28)29/h1-8,17,21H. The van der Waals surface area contributed by atoms with Crippen LogP contribution in [0.4, 0.5) is 22.7 Å². The van der Waals surface area contributed by atoms with E-state index < -0.39 is 37.7 Å². The first-order valence-electron chi connectivity index (χ1n) is 9.29. The Morgan fingerprint density at radius 3 is 2.09 bits per heavy atom. The van der Waals surface area contributed by atoms with Gasteiger partial charge < -0.3 is 10.7 Å². The number of nitro groups is 3. The van der Waals surface area contributed by atoms with Crippen LogP contribution in [-0.2, 0) is 0 Å². The third kappa shape index (κ3) is 3.17. The van der Waals surface area contributed by atoms with Crippen molar-refractivity contribution < 1.29 is 14.8 Å². The van der Waals surface area contributed by atoms with Crippen LogP contribution in [0.15, 0.2) is 48.5 Å². The van der Waals surface area contributed by atoms with E-state index >= 15 is 0 Å². The van der Waals surface area contributed by atoms with E-state index in [1.54, 1.807) is 5.48 Å². The molecule has 0 fully saturated rings. The Morgan fingerprint density at radius 1 is 0.848 bits per heavy atom. The molecule has 1 unspecified atom stereocenters. The third-order valence-electron chi connectivity index (χ3n) is 5.38. The highest BCUT2D eigenvalue weighted by Gasteiger charge is 2.45. The van der Waals surface area contributed by atoms with Gasteiger partial charge in [-0.2, -0.15) is 0 Å². The maximum Gasteiger partial charge on any atom is 0.284 e. The maximum atomic E-state index is 11.9. The number of nitrogens with zero attached hydrogens (tertiary/aromatic N) is 3. The van der Waals surface area contributed by atoms with E-state index in [1.807, 2.05) is 24.3 Å². The number of fused-ring (bicyclic) bond motifs is 4. The van der Waals surface area contributed by atoms with E-state index in [9.17, 15) is 35.6 Å². The molecule has 0 aliphatic heterocycles. The van der Waals surface area contributed by atoms with Crippen LogP contribution in [0.3, 0.4) is 0 Å². The molecule has 164 valence electrons. The minimum Gasteiger partial charge on any atom is -0.761 e. The van der Waals surface area contributed by atoms with E-state index in [1.165, 1.54) is 34.8 Å². The summed E-state index contributed by atoms with van der Waals surface area (Å²) < 4.78 is 2.59. The highest BCUT2D eigenvalue weighted by molar-refractivity contribution is 7.39. The summed E-state index contributed by atoms with van der Waals surface area (Å²) >= 11 is 2.78. The molecule has 0 bridgehead atoms. The van der Waals surface area contributed by atoms with Gasteiger partial charge in [-0.05, 0) is 29.3 Å². The first-order valence-corrected chi connectivity index (χ1v) is 10.9. The first-order chi connectivity index (χ1) is 15.8. The number of hydrogen-bond acceptors (Lipinski definition) is 9. The van der Waals surface area contributed by atoms with Crippen LogP contribution in [0.1, 0.15) is 21.2 Å². The third-order valence-corrected chi connectivity index (χ3v) is 8.04. The number of hydrogen-bond donors (Lipinski definition) is 1. The van der Waals surface area contributed by atoms with Crippen molar-refractivity contribution in [3.63, 3.8) is 0 Å². The molecule has 4 aromatic rings. The summed E-state index contributed by atoms with van der Waals surface area (Å²) in [5.41, 5.74) is 0.476. The molecule has 1 heterocycles. The van der Waals surface area contributed by atoms with Crippen molar-refractivity contribution in [2.45, 2.75) is 5.92 Å². The van der Waals surface area contributed by atoms with Crippen LogP contribution >= 0.6 is 22.7 Å². The zero-order chi connectivity index (χ0) is 23.4. The van der Waals surface area contributed by atoms with E-state index in [4.69, 9.17) is 0 Å². The Balaban J connectivity index is 1.93. The average molecular weight is 482 g/mol. The molecule has 1 aromatic heterocycles. The highest BCUT2D eigenvalue weighted by Crippen LogP contribution is 2.58. The molecule has 0 spiro atoms. The van der Waals surface area contributed by atoms with Gasteiger partial charge in [-0.25, -0.2) is 0 Å². The van der Waals surface area contributed by atoms with Crippen LogP contribution in [0.5, 0.6) is 0 Å². The minimum absolute atomic E-state index is 0.00902. The lowest BCUT2D eigenvalue weighted by molar-refractivity contribution is -0.394. The molecule has 0 amide bonds. The van der Waals surface area contributed by atoms with Gasteiger partial charge in [0.15, 0.2) is 9.40 Å². The first kappa shape index (κ1) is 20.8. The smallest absolute Gasteiger partial charge is 0.284 e. The molecule has 1 aliphatic rings. The Labute approximate surface area is 191 Å². The van der Waals surface area contributed by atoms with Crippen molar-refractivity contribution in [2.75, 3.05) is 5.48 Å². The van der Waals surface area contributed by atoms with Crippen molar-refractivity contribution in [2.24, 2.45) is 0 Å².